The molecule has 178 valence electrons. The number of Topliss-reactive ketones (excluding diaryl/α,β-unsaturated/α-hetero) is 1. The number of aliphatic hydroxyl groups excluding tert-OH is 1. The van der Waals surface area contributed by atoms with Crippen LogP contribution in [-0.4, -0.2) is 36.5 Å². The number of carbonyl (C=O) groups is 3. The predicted molar refractivity (Wildman–Crippen MR) is 127 cm³/mol. The molecule has 1 fully saturated rings. The zero-order chi connectivity index (χ0) is 25.1. The van der Waals surface area contributed by atoms with Crippen LogP contribution in [-0.2, 0) is 14.3 Å². The molecule has 0 unspecified atom stereocenters. The van der Waals surface area contributed by atoms with E-state index in [1.54, 1.807) is 25.1 Å². The van der Waals surface area contributed by atoms with E-state index in [0.29, 0.717) is 5.75 Å². The van der Waals surface area contributed by atoms with Crippen LogP contribution in [0.3, 0.4) is 0 Å². The number of hydrogen-bond acceptors (Lipinski definition) is 6. The monoisotopic (exact) mass is 475 g/mol. The van der Waals surface area contributed by atoms with Gasteiger partial charge >= 0.3 is 5.97 Å². The van der Waals surface area contributed by atoms with E-state index in [9.17, 15) is 23.9 Å². The molecule has 1 heterocycles. The first-order chi connectivity index (χ1) is 16.9. The summed E-state index contributed by atoms with van der Waals surface area (Å²) in [6, 6.07) is 16.6. The molecular weight excluding hydrogens is 453 g/mol. The van der Waals surface area contributed by atoms with E-state index in [1.165, 1.54) is 61.7 Å². The van der Waals surface area contributed by atoms with E-state index in [0.717, 1.165) is 4.90 Å². The maximum atomic E-state index is 14.9. The largest absolute Gasteiger partial charge is 0.507 e. The van der Waals surface area contributed by atoms with E-state index in [4.69, 9.17) is 9.47 Å². The summed E-state index contributed by atoms with van der Waals surface area (Å²) in [6.45, 7) is 1.89. The minimum absolute atomic E-state index is 0.0382. The van der Waals surface area contributed by atoms with Gasteiger partial charge in [-0.3, -0.25) is 14.5 Å². The van der Waals surface area contributed by atoms with Crippen molar-refractivity contribution in [3.63, 3.8) is 0 Å². The summed E-state index contributed by atoms with van der Waals surface area (Å²) in [5.74, 6) is -2.98. The van der Waals surface area contributed by atoms with Crippen LogP contribution in [0, 0.1) is 5.82 Å². The molecule has 1 atom stereocenters. The molecule has 35 heavy (non-hydrogen) atoms. The first-order valence-corrected chi connectivity index (χ1v) is 10.8. The summed E-state index contributed by atoms with van der Waals surface area (Å²) < 4.78 is 25.1. The normalized spacial score (nSPS) is 16.9. The van der Waals surface area contributed by atoms with Gasteiger partial charge in [-0.2, -0.15) is 0 Å². The lowest BCUT2D eigenvalue weighted by Gasteiger charge is -2.26. The molecule has 3 aromatic rings. The second-order valence-electron chi connectivity index (χ2n) is 7.69. The molecule has 0 saturated carbocycles. The molecule has 0 bridgehead atoms. The Balaban J connectivity index is 1.86. The topological polar surface area (TPSA) is 93.1 Å². The molecule has 0 spiro atoms. The molecule has 3 aromatic carbocycles. The van der Waals surface area contributed by atoms with Crippen molar-refractivity contribution < 1.29 is 33.4 Å². The lowest BCUT2D eigenvalue weighted by atomic mass is 9.94. The van der Waals surface area contributed by atoms with E-state index >= 15 is 0 Å². The molecule has 1 aliphatic heterocycles. The van der Waals surface area contributed by atoms with Gasteiger partial charge in [0.25, 0.3) is 11.7 Å². The predicted octanol–water partition coefficient (Wildman–Crippen LogP) is 4.64. The van der Waals surface area contributed by atoms with Crippen LogP contribution >= 0.6 is 0 Å². The van der Waals surface area contributed by atoms with Crippen molar-refractivity contribution >= 4 is 29.1 Å². The van der Waals surface area contributed by atoms with Crippen LogP contribution in [0.25, 0.3) is 5.76 Å². The third-order valence-electron chi connectivity index (χ3n) is 5.66. The van der Waals surface area contributed by atoms with Gasteiger partial charge in [-0.25, -0.2) is 9.18 Å². The van der Waals surface area contributed by atoms with E-state index in [2.05, 4.69) is 0 Å². The molecule has 1 N–H and O–H groups in total. The Morgan fingerprint density at radius 1 is 0.971 bits per heavy atom. The van der Waals surface area contributed by atoms with E-state index < -0.39 is 35.3 Å². The van der Waals surface area contributed by atoms with Crippen LogP contribution in [0.4, 0.5) is 10.1 Å². The highest BCUT2D eigenvalue weighted by molar-refractivity contribution is 6.51. The Kier molecular flexibility index (Phi) is 6.64. The van der Waals surface area contributed by atoms with Crippen molar-refractivity contribution in [3.8, 4) is 5.75 Å². The van der Waals surface area contributed by atoms with Gasteiger partial charge in [-0.05, 0) is 61.5 Å². The van der Waals surface area contributed by atoms with Crippen molar-refractivity contribution in [2.24, 2.45) is 0 Å². The van der Waals surface area contributed by atoms with Gasteiger partial charge in [0, 0.05) is 16.8 Å². The SMILES string of the molecule is CCOC(=O)c1ccc(N2C(=O)C(=O)C(=C(O)c3ccc(OC)cc3)[C@H]2c2ccccc2F)cc1. The number of aliphatic hydroxyl groups is 1. The Bertz CT molecular complexity index is 1310. The van der Waals surface area contributed by atoms with Crippen LogP contribution < -0.4 is 9.64 Å². The third kappa shape index (κ3) is 4.38. The Hall–Kier alpha value is -4.46. The summed E-state index contributed by atoms with van der Waals surface area (Å²) in [5.41, 5.74) is 0.564. The summed E-state index contributed by atoms with van der Waals surface area (Å²) in [7, 11) is 1.49. The standard InChI is InChI=1S/C27H22FNO6/c1-3-35-27(33)17-8-12-18(13-9-17)29-23(20-6-4-5-7-21(20)28)22(25(31)26(29)32)24(30)16-10-14-19(34-2)15-11-16/h4-15,23,30H,3H2,1-2H3/t23-/m1/s1. The number of anilines is 1. The van der Waals surface area contributed by atoms with Crippen LogP contribution in [0.15, 0.2) is 78.4 Å². The van der Waals surface area contributed by atoms with Crippen molar-refractivity contribution in [1.82, 2.24) is 0 Å². The number of nitrogens with zero attached hydrogens (tertiary/aromatic N) is 1. The number of rotatable bonds is 6. The van der Waals surface area contributed by atoms with Gasteiger partial charge in [0.1, 0.15) is 17.3 Å². The van der Waals surface area contributed by atoms with E-state index in [1.807, 2.05) is 0 Å². The van der Waals surface area contributed by atoms with Crippen molar-refractivity contribution in [3.05, 3.63) is 101 Å². The third-order valence-corrected chi connectivity index (χ3v) is 5.66. The number of ether oxygens (including phenoxy) is 2. The number of hydrogen-bond donors (Lipinski definition) is 1. The molecule has 8 heteroatoms. The molecule has 0 radical (unpaired) electrons. The highest BCUT2D eigenvalue weighted by Crippen LogP contribution is 2.43. The molecule has 0 aromatic heterocycles. The van der Waals surface area contributed by atoms with Crippen LogP contribution in [0.1, 0.15) is 34.5 Å². The number of carbonyl (C=O) groups excluding carboxylic acids is 3. The minimum atomic E-state index is -1.23. The van der Waals surface area contributed by atoms with Gasteiger partial charge in [-0.15, -0.1) is 0 Å². The van der Waals surface area contributed by atoms with Gasteiger partial charge in [0.05, 0.1) is 30.9 Å². The quantitative estimate of drug-likeness (QED) is 0.242. The second-order valence-corrected chi connectivity index (χ2v) is 7.69. The highest BCUT2D eigenvalue weighted by Gasteiger charge is 2.47. The summed E-state index contributed by atoms with van der Waals surface area (Å²) in [6.07, 6.45) is 0. The van der Waals surface area contributed by atoms with Gasteiger partial charge in [-0.1, -0.05) is 18.2 Å². The Labute approximate surface area is 201 Å². The first-order valence-electron chi connectivity index (χ1n) is 10.8. The minimum Gasteiger partial charge on any atom is -0.507 e. The maximum absolute atomic E-state index is 14.9. The van der Waals surface area contributed by atoms with Crippen molar-refractivity contribution in [1.29, 1.82) is 0 Å². The first kappa shape index (κ1) is 23.7. The lowest BCUT2D eigenvalue weighted by molar-refractivity contribution is -0.132. The number of benzene rings is 3. The summed E-state index contributed by atoms with van der Waals surface area (Å²) >= 11 is 0. The second kappa shape index (κ2) is 9.80. The molecule has 1 amide bonds. The molecular formula is C27H22FNO6. The molecule has 7 nitrogen and oxygen atoms in total. The number of methoxy groups -OCH3 is 1. The van der Waals surface area contributed by atoms with Crippen LogP contribution in [0.2, 0.25) is 0 Å². The molecule has 1 saturated heterocycles. The summed E-state index contributed by atoms with van der Waals surface area (Å²) in [5, 5.41) is 11.1. The van der Waals surface area contributed by atoms with Crippen molar-refractivity contribution in [2.45, 2.75) is 13.0 Å². The molecule has 4 rings (SSSR count). The number of ketones is 1. The Morgan fingerprint density at radius 2 is 1.60 bits per heavy atom. The fourth-order valence-electron chi connectivity index (χ4n) is 3.97. The fourth-order valence-corrected chi connectivity index (χ4v) is 3.97. The van der Waals surface area contributed by atoms with Crippen LogP contribution in [0.5, 0.6) is 5.75 Å². The number of amides is 1. The zero-order valence-corrected chi connectivity index (χ0v) is 19.0. The average molecular weight is 475 g/mol. The lowest BCUT2D eigenvalue weighted by Crippen LogP contribution is -2.29. The smallest absolute Gasteiger partial charge is 0.338 e. The average Bonchev–Trinajstić information content (AvgIpc) is 3.14. The summed E-state index contributed by atoms with van der Waals surface area (Å²) in [4.78, 5) is 39.4. The van der Waals surface area contributed by atoms with Crippen molar-refractivity contribution in [2.75, 3.05) is 18.6 Å². The number of halogens is 1. The highest BCUT2D eigenvalue weighted by atomic mass is 19.1. The fraction of sp³-hybridized carbons (Fsp3) is 0.148. The van der Waals surface area contributed by atoms with Gasteiger partial charge in [0.2, 0.25) is 0 Å². The Morgan fingerprint density at radius 3 is 2.20 bits per heavy atom. The molecule has 0 aliphatic carbocycles. The zero-order valence-electron chi connectivity index (χ0n) is 19.0. The van der Waals surface area contributed by atoms with Gasteiger partial charge in [0.15, 0.2) is 0 Å². The van der Waals surface area contributed by atoms with Gasteiger partial charge < -0.3 is 14.6 Å². The van der Waals surface area contributed by atoms with E-state index in [-0.39, 0.29) is 34.6 Å². The molecule has 1 aliphatic rings. The maximum Gasteiger partial charge on any atom is 0.338 e. The number of esters is 1.